The summed E-state index contributed by atoms with van der Waals surface area (Å²) >= 11 is 0. The molecule has 0 N–H and O–H groups in total. The molecule has 0 aliphatic heterocycles. The van der Waals surface area contributed by atoms with E-state index in [1.54, 1.807) is 41.5 Å². The first kappa shape index (κ1) is 38.8. The van der Waals surface area contributed by atoms with E-state index in [0.717, 1.165) is 0 Å². The fourth-order valence-corrected chi connectivity index (χ4v) is 2.51. The highest BCUT2D eigenvalue weighted by molar-refractivity contribution is 5.74. The number of carbonyl (C=O) groups is 3. The fourth-order valence-electron chi connectivity index (χ4n) is 2.51. The molecule has 3 atom stereocenters. The third-order valence-electron chi connectivity index (χ3n) is 3.45. The van der Waals surface area contributed by atoms with Gasteiger partial charge in [-0.25, -0.2) is 14.4 Å². The van der Waals surface area contributed by atoms with Crippen LogP contribution in [0, 0.1) is 0 Å². The lowest BCUT2D eigenvalue weighted by Crippen LogP contribution is -2.32. The second kappa shape index (κ2) is 18.5. The summed E-state index contributed by atoms with van der Waals surface area (Å²) < 4.78 is 30.5. The van der Waals surface area contributed by atoms with Gasteiger partial charge >= 0.3 is 17.9 Å². The number of ether oxygens (including phenoxy) is 6. The third kappa shape index (κ3) is 26.9. The number of esters is 3. The highest BCUT2D eigenvalue weighted by Crippen LogP contribution is 2.12. The summed E-state index contributed by atoms with van der Waals surface area (Å²) in [7, 11) is 0. The monoisotopic (exact) mass is 522 g/mol. The molecule has 0 saturated heterocycles. The molecule has 9 nitrogen and oxygen atoms in total. The van der Waals surface area contributed by atoms with Crippen LogP contribution in [0.2, 0.25) is 0 Å². The van der Waals surface area contributed by atoms with Crippen LogP contribution in [0.25, 0.3) is 0 Å². The molecule has 0 amide bonds. The molecule has 9 heteroatoms. The van der Waals surface area contributed by atoms with Crippen molar-refractivity contribution in [2.24, 2.45) is 0 Å². The lowest BCUT2D eigenvalue weighted by Gasteiger charge is -2.23. The van der Waals surface area contributed by atoms with Crippen LogP contribution in [0.4, 0.5) is 0 Å². The van der Waals surface area contributed by atoms with Crippen LogP contribution in [0.15, 0.2) is 0 Å². The molecule has 216 valence electrons. The maximum absolute atomic E-state index is 11.1. The summed E-state index contributed by atoms with van der Waals surface area (Å²) in [6.45, 7) is 28.8. The van der Waals surface area contributed by atoms with Gasteiger partial charge < -0.3 is 28.4 Å². The fraction of sp³-hybridized carbons (Fsp3) is 0.889. The van der Waals surface area contributed by atoms with Crippen molar-refractivity contribution >= 4 is 17.9 Å². The number of carbonyl (C=O) groups excluding carboxylic acids is 3. The molecule has 0 saturated carbocycles. The Kier molecular flexibility index (Phi) is 20.0. The molecule has 0 spiro atoms. The predicted molar refractivity (Wildman–Crippen MR) is 141 cm³/mol. The molecule has 0 aliphatic rings. The normalized spacial score (nSPS) is 14.1. The third-order valence-corrected chi connectivity index (χ3v) is 3.45. The van der Waals surface area contributed by atoms with Crippen molar-refractivity contribution in [2.75, 3.05) is 19.8 Å². The average Bonchev–Trinajstić information content (AvgIpc) is 2.65. The lowest BCUT2D eigenvalue weighted by molar-refractivity contribution is -0.164. The molecule has 0 radical (unpaired) electrons. The number of rotatable bonds is 9. The van der Waals surface area contributed by atoms with E-state index in [4.69, 9.17) is 28.4 Å². The van der Waals surface area contributed by atoms with E-state index in [2.05, 4.69) is 0 Å². The van der Waals surface area contributed by atoms with Crippen LogP contribution in [0.1, 0.15) is 104 Å². The van der Waals surface area contributed by atoms with Crippen LogP contribution < -0.4 is 0 Å². The topological polar surface area (TPSA) is 107 Å². The summed E-state index contributed by atoms with van der Waals surface area (Å²) in [4.78, 5) is 33.2. The van der Waals surface area contributed by atoms with Crippen molar-refractivity contribution in [1.29, 1.82) is 0 Å². The Bertz CT molecular complexity index is 525. The summed E-state index contributed by atoms with van der Waals surface area (Å²) in [5.41, 5.74) is -0.898. The summed E-state index contributed by atoms with van der Waals surface area (Å²) in [6, 6.07) is 0. The minimum atomic E-state index is -0.482. The van der Waals surface area contributed by atoms with E-state index in [0.29, 0.717) is 19.8 Å². The molecule has 0 fully saturated rings. The van der Waals surface area contributed by atoms with E-state index in [1.165, 1.54) is 0 Å². The first-order valence-electron chi connectivity index (χ1n) is 12.6. The Hall–Kier alpha value is -1.71. The highest BCUT2D eigenvalue weighted by Gasteiger charge is 2.23. The minimum absolute atomic E-state index is 0.299. The molecule has 0 bridgehead atoms. The molecule has 0 aliphatic carbocycles. The molecule has 3 unspecified atom stereocenters. The maximum atomic E-state index is 11.1. The number of hydrogen-bond acceptors (Lipinski definition) is 9. The van der Waals surface area contributed by atoms with Crippen LogP contribution in [-0.2, 0) is 42.8 Å². The minimum Gasteiger partial charge on any atom is -0.464 e. The van der Waals surface area contributed by atoms with Gasteiger partial charge in [0.2, 0.25) is 0 Å². The quantitative estimate of drug-likeness (QED) is 0.296. The molecule has 36 heavy (non-hydrogen) atoms. The van der Waals surface area contributed by atoms with Crippen molar-refractivity contribution in [3.8, 4) is 0 Å². The van der Waals surface area contributed by atoms with E-state index in [-0.39, 0.29) is 34.7 Å². The Morgan fingerprint density at radius 2 is 0.639 bits per heavy atom. The first-order chi connectivity index (χ1) is 16.1. The summed E-state index contributed by atoms with van der Waals surface area (Å²) in [5.74, 6) is -0.896. The zero-order chi connectivity index (χ0) is 29.3. The van der Waals surface area contributed by atoms with Crippen molar-refractivity contribution < 1.29 is 42.8 Å². The van der Waals surface area contributed by atoms with Gasteiger partial charge in [0.25, 0.3) is 0 Å². The van der Waals surface area contributed by atoms with Crippen LogP contribution in [0.3, 0.4) is 0 Å². The summed E-state index contributed by atoms with van der Waals surface area (Å²) in [6.07, 6.45) is -1.44. The largest absolute Gasteiger partial charge is 0.464 e. The van der Waals surface area contributed by atoms with Gasteiger partial charge in [0.05, 0.1) is 36.6 Å². The second-order valence-corrected chi connectivity index (χ2v) is 10.9. The first-order valence-corrected chi connectivity index (χ1v) is 12.6. The van der Waals surface area contributed by atoms with E-state index in [9.17, 15) is 14.4 Å². The Labute approximate surface area is 219 Å². The Balaban J connectivity index is -0.000000454. The van der Waals surface area contributed by atoms with Gasteiger partial charge in [0.1, 0.15) is 0 Å². The van der Waals surface area contributed by atoms with Crippen molar-refractivity contribution in [1.82, 2.24) is 0 Å². The highest BCUT2D eigenvalue weighted by atomic mass is 16.6. The Morgan fingerprint density at radius 1 is 0.472 bits per heavy atom. The summed E-state index contributed by atoms with van der Waals surface area (Å²) in [5, 5.41) is 0. The maximum Gasteiger partial charge on any atom is 0.334 e. The van der Waals surface area contributed by atoms with Crippen LogP contribution in [0.5, 0.6) is 0 Å². The molecule has 0 heterocycles. The van der Waals surface area contributed by atoms with Gasteiger partial charge in [-0.15, -0.1) is 0 Å². The lowest BCUT2D eigenvalue weighted by atomic mass is 10.2. The van der Waals surface area contributed by atoms with Gasteiger partial charge in [-0.2, -0.15) is 0 Å². The zero-order valence-corrected chi connectivity index (χ0v) is 25.5. The average molecular weight is 523 g/mol. The second-order valence-electron chi connectivity index (χ2n) is 10.9. The van der Waals surface area contributed by atoms with Crippen molar-refractivity contribution in [3.63, 3.8) is 0 Å². The predicted octanol–water partition coefficient (Wildman–Crippen LogP) is 5.26. The van der Waals surface area contributed by atoms with Gasteiger partial charge in [0.15, 0.2) is 18.3 Å². The molecular formula is C27H54O9. The molecule has 0 rings (SSSR count). The van der Waals surface area contributed by atoms with E-state index >= 15 is 0 Å². The number of hydrogen-bond donors (Lipinski definition) is 0. The zero-order valence-electron chi connectivity index (χ0n) is 25.5. The van der Waals surface area contributed by atoms with Gasteiger partial charge in [-0.1, -0.05) is 0 Å². The van der Waals surface area contributed by atoms with Crippen molar-refractivity contribution in [2.45, 2.75) is 139 Å². The van der Waals surface area contributed by atoms with Gasteiger partial charge in [-0.3, -0.25) is 0 Å². The SMILES string of the molecule is CCOC(=O)C(C)OC(C)(C)C.CCOC(=O)C(C)OC(C)(C)C.CCOC(=O)C(C)OC(C)(C)C. The molecule has 0 aromatic rings. The van der Waals surface area contributed by atoms with Crippen LogP contribution in [-0.4, -0.2) is 72.8 Å². The van der Waals surface area contributed by atoms with E-state index < -0.39 is 18.3 Å². The van der Waals surface area contributed by atoms with E-state index in [1.807, 2.05) is 62.3 Å². The van der Waals surface area contributed by atoms with Crippen LogP contribution >= 0.6 is 0 Å². The Morgan fingerprint density at radius 3 is 0.750 bits per heavy atom. The van der Waals surface area contributed by atoms with Crippen molar-refractivity contribution in [3.05, 3.63) is 0 Å². The van der Waals surface area contributed by atoms with Gasteiger partial charge in [-0.05, 0) is 104 Å². The standard InChI is InChI=1S/3C9H18O3/c3*1-6-11-8(10)7(2)12-9(3,4)5/h3*7H,6H2,1-5H3. The van der Waals surface area contributed by atoms with Gasteiger partial charge in [0, 0.05) is 0 Å². The molecule has 0 aromatic heterocycles. The molecule has 0 aromatic carbocycles. The smallest absolute Gasteiger partial charge is 0.334 e. The molecular weight excluding hydrogens is 468 g/mol.